The van der Waals surface area contributed by atoms with Crippen LogP contribution in [0.2, 0.25) is 0 Å². The van der Waals surface area contributed by atoms with Crippen LogP contribution in [0.25, 0.3) is 0 Å². The third-order valence-electron chi connectivity index (χ3n) is 3.69. The van der Waals surface area contributed by atoms with Gasteiger partial charge in [-0.1, -0.05) is 6.92 Å². The molecule has 4 heteroatoms. The Kier molecular flexibility index (Phi) is 2.65. The number of aromatic amines is 1. The summed E-state index contributed by atoms with van der Waals surface area (Å²) in [5.41, 5.74) is -0.00451. The molecule has 1 aromatic rings. The van der Waals surface area contributed by atoms with E-state index in [1.165, 1.54) is 25.7 Å². The average Bonchev–Trinajstić information content (AvgIpc) is 3.12. The number of nitrogens with zero attached hydrogens (tertiary/aromatic N) is 2. The van der Waals surface area contributed by atoms with Crippen molar-refractivity contribution in [3.63, 3.8) is 0 Å². The second kappa shape index (κ2) is 4.17. The molecule has 2 fully saturated rings. The van der Waals surface area contributed by atoms with Crippen molar-refractivity contribution in [1.29, 1.82) is 0 Å². The van der Waals surface area contributed by atoms with Crippen LogP contribution >= 0.6 is 0 Å². The highest BCUT2D eigenvalue weighted by Crippen LogP contribution is 2.38. The summed E-state index contributed by atoms with van der Waals surface area (Å²) in [4.78, 5) is 21.4. The first-order valence-electron chi connectivity index (χ1n) is 6.58. The standard InChI is InChI=1S/C13H19N3O/c1-9-3-2-6-16(8-9)11-7-12(17)15-13(14-11)10-4-5-10/h7,9-10H,2-6,8H2,1H3,(H,14,15,17). The largest absolute Gasteiger partial charge is 0.356 e. The van der Waals surface area contributed by atoms with Gasteiger partial charge in [0.05, 0.1) is 0 Å². The third kappa shape index (κ3) is 2.35. The van der Waals surface area contributed by atoms with Gasteiger partial charge in [0.15, 0.2) is 0 Å². The minimum absolute atomic E-state index is 0.00451. The summed E-state index contributed by atoms with van der Waals surface area (Å²) in [5.74, 6) is 2.98. The summed E-state index contributed by atoms with van der Waals surface area (Å²) in [5, 5.41) is 0. The van der Waals surface area contributed by atoms with E-state index in [0.717, 1.165) is 24.7 Å². The van der Waals surface area contributed by atoms with E-state index in [9.17, 15) is 4.79 Å². The monoisotopic (exact) mass is 233 g/mol. The van der Waals surface area contributed by atoms with Gasteiger partial charge < -0.3 is 9.88 Å². The number of nitrogens with one attached hydrogen (secondary N) is 1. The van der Waals surface area contributed by atoms with Gasteiger partial charge in [0, 0.05) is 25.1 Å². The van der Waals surface area contributed by atoms with E-state index in [2.05, 4.69) is 21.8 Å². The topological polar surface area (TPSA) is 49.0 Å². The van der Waals surface area contributed by atoms with Gasteiger partial charge in [-0.3, -0.25) is 4.79 Å². The van der Waals surface area contributed by atoms with Gasteiger partial charge in [-0.2, -0.15) is 0 Å². The molecule has 2 aliphatic rings. The Bertz CT molecular complexity index is 464. The summed E-state index contributed by atoms with van der Waals surface area (Å²) in [6.45, 7) is 4.33. The molecule has 0 amide bonds. The zero-order valence-corrected chi connectivity index (χ0v) is 10.3. The third-order valence-corrected chi connectivity index (χ3v) is 3.69. The highest BCUT2D eigenvalue weighted by Gasteiger charge is 2.27. The van der Waals surface area contributed by atoms with Crippen LogP contribution in [0.15, 0.2) is 10.9 Å². The number of hydrogen-bond donors (Lipinski definition) is 1. The molecular formula is C13H19N3O. The molecule has 2 heterocycles. The second-order valence-corrected chi connectivity index (χ2v) is 5.46. The van der Waals surface area contributed by atoms with Crippen LogP contribution in [0.3, 0.4) is 0 Å². The Morgan fingerprint density at radius 2 is 2.24 bits per heavy atom. The number of hydrogen-bond acceptors (Lipinski definition) is 3. The molecule has 1 aromatic heterocycles. The lowest BCUT2D eigenvalue weighted by atomic mass is 10.0. The molecule has 0 aromatic carbocycles. The second-order valence-electron chi connectivity index (χ2n) is 5.46. The number of anilines is 1. The maximum absolute atomic E-state index is 11.6. The number of H-pyrrole nitrogens is 1. The maximum Gasteiger partial charge on any atom is 0.252 e. The molecule has 0 radical (unpaired) electrons. The van der Waals surface area contributed by atoms with E-state index in [1.54, 1.807) is 6.07 Å². The summed E-state index contributed by atoms with van der Waals surface area (Å²) >= 11 is 0. The van der Waals surface area contributed by atoms with Crippen LogP contribution in [0, 0.1) is 5.92 Å². The fourth-order valence-corrected chi connectivity index (χ4v) is 2.57. The predicted molar refractivity (Wildman–Crippen MR) is 67.4 cm³/mol. The summed E-state index contributed by atoms with van der Waals surface area (Å²) in [6.07, 6.45) is 4.83. The zero-order valence-electron chi connectivity index (χ0n) is 10.3. The van der Waals surface area contributed by atoms with Gasteiger partial charge in [0.2, 0.25) is 0 Å². The number of aromatic nitrogens is 2. The first kappa shape index (κ1) is 10.8. The first-order valence-corrected chi connectivity index (χ1v) is 6.58. The van der Waals surface area contributed by atoms with Crippen molar-refractivity contribution in [2.24, 2.45) is 5.92 Å². The lowest BCUT2D eigenvalue weighted by Crippen LogP contribution is -2.35. The minimum atomic E-state index is -0.00451. The predicted octanol–water partition coefficient (Wildman–Crippen LogP) is 1.88. The average molecular weight is 233 g/mol. The summed E-state index contributed by atoms with van der Waals surface area (Å²) in [6, 6.07) is 1.64. The van der Waals surface area contributed by atoms with E-state index in [4.69, 9.17) is 0 Å². The molecule has 3 rings (SSSR count). The molecule has 1 saturated heterocycles. The van der Waals surface area contributed by atoms with Crippen LogP contribution in [-0.2, 0) is 0 Å². The van der Waals surface area contributed by atoms with Crippen molar-refractivity contribution < 1.29 is 0 Å². The quantitative estimate of drug-likeness (QED) is 0.848. The molecule has 0 spiro atoms. The molecule has 1 unspecified atom stereocenters. The van der Waals surface area contributed by atoms with Crippen LogP contribution < -0.4 is 10.5 Å². The molecule has 1 N–H and O–H groups in total. The van der Waals surface area contributed by atoms with Crippen molar-refractivity contribution >= 4 is 5.82 Å². The Hall–Kier alpha value is -1.32. The smallest absolute Gasteiger partial charge is 0.252 e. The molecule has 92 valence electrons. The first-order chi connectivity index (χ1) is 8.22. The normalized spacial score (nSPS) is 25.0. The molecule has 17 heavy (non-hydrogen) atoms. The fourth-order valence-electron chi connectivity index (χ4n) is 2.57. The SMILES string of the molecule is CC1CCCN(c2cc(=O)[nH]c(C3CC3)n2)C1. The van der Waals surface area contributed by atoms with Gasteiger partial charge in [0.1, 0.15) is 11.6 Å². The number of rotatable bonds is 2. The van der Waals surface area contributed by atoms with E-state index in [0.29, 0.717) is 11.8 Å². The molecule has 0 bridgehead atoms. The lowest BCUT2D eigenvalue weighted by molar-refractivity contribution is 0.444. The van der Waals surface area contributed by atoms with Crippen LogP contribution in [0.5, 0.6) is 0 Å². The molecule has 1 aliphatic heterocycles. The number of piperidine rings is 1. The molecule has 1 atom stereocenters. The molecule has 1 saturated carbocycles. The summed E-state index contributed by atoms with van der Waals surface area (Å²) in [7, 11) is 0. The Labute approximate surface area is 101 Å². The van der Waals surface area contributed by atoms with Crippen molar-refractivity contribution in [1.82, 2.24) is 9.97 Å². The van der Waals surface area contributed by atoms with Crippen LogP contribution in [0.1, 0.15) is 44.3 Å². The highest BCUT2D eigenvalue weighted by atomic mass is 16.1. The molecule has 1 aliphatic carbocycles. The Morgan fingerprint density at radius 3 is 2.94 bits per heavy atom. The fraction of sp³-hybridized carbons (Fsp3) is 0.692. The van der Waals surface area contributed by atoms with E-state index >= 15 is 0 Å². The minimum Gasteiger partial charge on any atom is -0.356 e. The van der Waals surface area contributed by atoms with Gasteiger partial charge >= 0.3 is 0 Å². The van der Waals surface area contributed by atoms with Gasteiger partial charge in [0.25, 0.3) is 5.56 Å². The van der Waals surface area contributed by atoms with Gasteiger partial charge in [-0.25, -0.2) is 4.98 Å². The lowest BCUT2D eigenvalue weighted by Gasteiger charge is -2.31. The van der Waals surface area contributed by atoms with Gasteiger partial charge in [-0.05, 0) is 31.6 Å². The van der Waals surface area contributed by atoms with Crippen LogP contribution in [0.4, 0.5) is 5.82 Å². The Morgan fingerprint density at radius 1 is 1.41 bits per heavy atom. The highest BCUT2D eigenvalue weighted by molar-refractivity contribution is 5.38. The van der Waals surface area contributed by atoms with E-state index in [1.807, 2.05) is 0 Å². The van der Waals surface area contributed by atoms with E-state index in [-0.39, 0.29) is 5.56 Å². The van der Waals surface area contributed by atoms with Gasteiger partial charge in [-0.15, -0.1) is 0 Å². The van der Waals surface area contributed by atoms with E-state index < -0.39 is 0 Å². The van der Waals surface area contributed by atoms with Crippen molar-refractivity contribution in [3.8, 4) is 0 Å². The molecular weight excluding hydrogens is 214 g/mol. The van der Waals surface area contributed by atoms with Crippen molar-refractivity contribution in [2.75, 3.05) is 18.0 Å². The maximum atomic E-state index is 11.6. The zero-order chi connectivity index (χ0) is 11.8. The van der Waals surface area contributed by atoms with Crippen molar-refractivity contribution in [2.45, 2.75) is 38.5 Å². The summed E-state index contributed by atoms with van der Waals surface area (Å²) < 4.78 is 0. The Balaban J connectivity index is 1.88. The van der Waals surface area contributed by atoms with Crippen molar-refractivity contribution in [3.05, 3.63) is 22.2 Å². The molecule has 4 nitrogen and oxygen atoms in total. The van der Waals surface area contributed by atoms with Crippen LogP contribution in [-0.4, -0.2) is 23.1 Å².